The summed E-state index contributed by atoms with van der Waals surface area (Å²) in [5.41, 5.74) is 3.37. The van der Waals surface area contributed by atoms with Crippen LogP contribution >= 0.6 is 23.6 Å². The van der Waals surface area contributed by atoms with Crippen molar-refractivity contribution in [1.82, 2.24) is 10.3 Å². The molecule has 2 heterocycles. The van der Waals surface area contributed by atoms with Crippen molar-refractivity contribution in [2.45, 2.75) is 12.8 Å². The fourth-order valence-electron chi connectivity index (χ4n) is 3.41. The first kappa shape index (κ1) is 19.5. The lowest BCUT2D eigenvalue weighted by atomic mass is 9.97. The number of rotatable bonds is 7. The van der Waals surface area contributed by atoms with E-state index in [2.05, 4.69) is 63.6 Å². The van der Waals surface area contributed by atoms with E-state index in [1.807, 2.05) is 31.2 Å². The lowest BCUT2D eigenvalue weighted by Crippen LogP contribution is -2.32. The maximum Gasteiger partial charge on any atom is 0.170 e. The first-order valence-electron chi connectivity index (χ1n) is 9.61. The van der Waals surface area contributed by atoms with E-state index >= 15 is 0 Å². The second-order valence-electron chi connectivity index (χ2n) is 6.65. The Kier molecular flexibility index (Phi) is 6.12. The number of aromatic nitrogens is 1. The van der Waals surface area contributed by atoms with E-state index in [0.29, 0.717) is 18.3 Å². The largest absolute Gasteiger partial charge is 0.494 e. The summed E-state index contributed by atoms with van der Waals surface area (Å²) in [7, 11) is 0. The lowest BCUT2D eigenvalue weighted by Gasteiger charge is -2.18. The van der Waals surface area contributed by atoms with E-state index in [0.717, 1.165) is 17.0 Å². The monoisotopic (exact) mass is 421 g/mol. The fraction of sp³-hybridized carbons (Fsp3) is 0.174. The predicted octanol–water partition coefficient (Wildman–Crippen LogP) is 5.75. The summed E-state index contributed by atoms with van der Waals surface area (Å²) in [5, 5.41) is 10.6. The third kappa shape index (κ3) is 4.60. The number of para-hydroxylation sites is 1. The Morgan fingerprint density at radius 3 is 2.69 bits per heavy atom. The van der Waals surface area contributed by atoms with Gasteiger partial charge in [-0.05, 0) is 66.5 Å². The highest BCUT2D eigenvalue weighted by Gasteiger charge is 2.19. The van der Waals surface area contributed by atoms with Crippen LogP contribution in [0.4, 0.5) is 5.69 Å². The number of fused-ring (bicyclic) bond motifs is 1. The Morgan fingerprint density at radius 2 is 1.93 bits per heavy atom. The molecule has 0 aliphatic carbocycles. The van der Waals surface area contributed by atoms with Crippen molar-refractivity contribution < 1.29 is 4.74 Å². The molecule has 0 radical (unpaired) electrons. The van der Waals surface area contributed by atoms with E-state index < -0.39 is 0 Å². The van der Waals surface area contributed by atoms with Crippen LogP contribution in [0.15, 0.2) is 72.2 Å². The normalized spacial score (nSPS) is 11.9. The van der Waals surface area contributed by atoms with Gasteiger partial charge in [-0.15, -0.1) is 11.3 Å². The van der Waals surface area contributed by atoms with Crippen LogP contribution in [0.5, 0.6) is 5.75 Å². The topological polar surface area (TPSA) is 49.1 Å². The maximum atomic E-state index is 5.54. The molecule has 1 atom stereocenters. The van der Waals surface area contributed by atoms with Gasteiger partial charge in [0, 0.05) is 40.1 Å². The molecule has 0 aliphatic heterocycles. The molecular weight excluding hydrogens is 398 g/mol. The summed E-state index contributed by atoms with van der Waals surface area (Å²) >= 11 is 7.30. The Balaban J connectivity index is 1.47. The molecule has 0 saturated heterocycles. The molecule has 3 N–H and O–H groups in total. The Hall–Kier alpha value is -2.83. The SMILES string of the molecule is CCOc1ccc(NC(=S)NC[C@@H](c2cccs2)c2c[nH]c3ccccc23)cc1. The van der Waals surface area contributed by atoms with Gasteiger partial charge in [0.2, 0.25) is 0 Å². The van der Waals surface area contributed by atoms with E-state index in [1.54, 1.807) is 11.3 Å². The Labute approximate surface area is 179 Å². The molecule has 2 aromatic heterocycles. The summed E-state index contributed by atoms with van der Waals surface area (Å²) in [6.07, 6.45) is 2.11. The van der Waals surface area contributed by atoms with E-state index in [1.165, 1.54) is 15.8 Å². The highest BCUT2D eigenvalue weighted by molar-refractivity contribution is 7.80. The maximum absolute atomic E-state index is 5.54. The third-order valence-corrected chi connectivity index (χ3v) is 6.01. The molecule has 0 saturated carbocycles. The Morgan fingerprint density at radius 1 is 1.10 bits per heavy atom. The van der Waals surface area contributed by atoms with Crippen LogP contribution in [0.2, 0.25) is 0 Å². The fourth-order valence-corrected chi connectivity index (χ4v) is 4.45. The third-order valence-electron chi connectivity index (χ3n) is 4.77. The molecule has 0 aliphatic rings. The van der Waals surface area contributed by atoms with Gasteiger partial charge in [-0.25, -0.2) is 0 Å². The minimum Gasteiger partial charge on any atom is -0.494 e. The predicted molar refractivity (Wildman–Crippen MR) is 126 cm³/mol. The number of thiocarbonyl (C=S) groups is 1. The molecule has 4 aromatic rings. The molecule has 4 nitrogen and oxygen atoms in total. The summed E-state index contributed by atoms with van der Waals surface area (Å²) < 4.78 is 5.48. The van der Waals surface area contributed by atoms with Crippen molar-refractivity contribution in [1.29, 1.82) is 0 Å². The van der Waals surface area contributed by atoms with Crippen LogP contribution < -0.4 is 15.4 Å². The van der Waals surface area contributed by atoms with Crippen molar-refractivity contribution in [2.24, 2.45) is 0 Å². The molecule has 0 fully saturated rings. The van der Waals surface area contributed by atoms with Crippen molar-refractivity contribution >= 4 is 45.3 Å². The van der Waals surface area contributed by atoms with Crippen LogP contribution in [0.25, 0.3) is 10.9 Å². The number of benzene rings is 2. The van der Waals surface area contributed by atoms with Gasteiger partial charge in [0.25, 0.3) is 0 Å². The quantitative estimate of drug-likeness (QED) is 0.333. The summed E-state index contributed by atoms with van der Waals surface area (Å²) in [5.74, 6) is 1.07. The second-order valence-corrected chi connectivity index (χ2v) is 8.04. The molecule has 6 heteroatoms. The van der Waals surface area contributed by atoms with Crippen LogP contribution in [0, 0.1) is 0 Å². The molecule has 0 amide bonds. The number of ether oxygens (including phenoxy) is 1. The number of anilines is 1. The summed E-state index contributed by atoms with van der Waals surface area (Å²) in [4.78, 5) is 4.70. The molecule has 2 aromatic carbocycles. The average Bonchev–Trinajstić information content (AvgIpc) is 3.41. The minimum atomic E-state index is 0.214. The standard InChI is InChI=1S/C23H23N3OS2/c1-2-27-17-11-9-16(10-12-17)26-23(28)25-15-20(22-8-5-13-29-22)19-14-24-21-7-4-3-6-18(19)21/h3-14,20,24H,2,15H2,1H3,(H2,25,26,28)/t20-/m1/s1. The average molecular weight is 422 g/mol. The van der Waals surface area contributed by atoms with Gasteiger partial charge >= 0.3 is 0 Å². The first-order chi connectivity index (χ1) is 14.2. The van der Waals surface area contributed by atoms with Crippen molar-refractivity contribution in [3.05, 3.63) is 82.7 Å². The number of thiophene rings is 1. The van der Waals surface area contributed by atoms with Crippen molar-refractivity contribution in [3.8, 4) is 5.75 Å². The number of aromatic amines is 1. The summed E-state index contributed by atoms with van der Waals surface area (Å²) in [6.45, 7) is 3.35. The van der Waals surface area contributed by atoms with Gasteiger partial charge < -0.3 is 20.4 Å². The number of hydrogen-bond acceptors (Lipinski definition) is 3. The number of H-pyrrole nitrogens is 1. The zero-order valence-corrected chi connectivity index (χ0v) is 17.8. The molecule has 0 bridgehead atoms. The van der Waals surface area contributed by atoms with E-state index in [9.17, 15) is 0 Å². The van der Waals surface area contributed by atoms with Gasteiger partial charge in [-0.1, -0.05) is 24.3 Å². The molecule has 148 valence electrons. The molecule has 0 unspecified atom stereocenters. The molecule has 29 heavy (non-hydrogen) atoms. The Bertz CT molecular complexity index is 1070. The smallest absolute Gasteiger partial charge is 0.170 e. The minimum absolute atomic E-state index is 0.214. The molecule has 0 spiro atoms. The lowest BCUT2D eigenvalue weighted by molar-refractivity contribution is 0.340. The second kappa shape index (κ2) is 9.11. The summed E-state index contributed by atoms with van der Waals surface area (Å²) in [6, 6.07) is 20.5. The molecular formula is C23H23N3OS2. The molecule has 4 rings (SSSR count). The van der Waals surface area contributed by atoms with Gasteiger partial charge in [0.05, 0.1) is 6.61 Å². The van der Waals surface area contributed by atoms with Gasteiger partial charge in [-0.3, -0.25) is 0 Å². The zero-order valence-electron chi connectivity index (χ0n) is 16.1. The number of hydrogen-bond donors (Lipinski definition) is 3. The zero-order chi connectivity index (χ0) is 20.1. The van der Waals surface area contributed by atoms with Gasteiger partial charge in [0.15, 0.2) is 5.11 Å². The van der Waals surface area contributed by atoms with Crippen LogP contribution in [0.1, 0.15) is 23.3 Å². The first-order valence-corrected chi connectivity index (χ1v) is 10.9. The van der Waals surface area contributed by atoms with Crippen molar-refractivity contribution in [2.75, 3.05) is 18.5 Å². The van der Waals surface area contributed by atoms with Gasteiger partial charge in [-0.2, -0.15) is 0 Å². The highest BCUT2D eigenvalue weighted by atomic mass is 32.1. The van der Waals surface area contributed by atoms with Crippen LogP contribution in [0.3, 0.4) is 0 Å². The van der Waals surface area contributed by atoms with E-state index in [-0.39, 0.29) is 5.92 Å². The van der Waals surface area contributed by atoms with Crippen molar-refractivity contribution in [3.63, 3.8) is 0 Å². The van der Waals surface area contributed by atoms with E-state index in [4.69, 9.17) is 17.0 Å². The van der Waals surface area contributed by atoms with Crippen LogP contribution in [-0.4, -0.2) is 23.2 Å². The number of nitrogens with one attached hydrogen (secondary N) is 3. The van der Waals surface area contributed by atoms with Crippen LogP contribution in [-0.2, 0) is 0 Å². The highest BCUT2D eigenvalue weighted by Crippen LogP contribution is 2.32. The van der Waals surface area contributed by atoms with Gasteiger partial charge in [0.1, 0.15) is 5.75 Å².